The largest absolute Gasteiger partial charge is 0.464 e. The van der Waals surface area contributed by atoms with Crippen molar-refractivity contribution in [2.24, 2.45) is 5.92 Å². The summed E-state index contributed by atoms with van der Waals surface area (Å²) in [6.07, 6.45) is -0.644. The third-order valence-electron chi connectivity index (χ3n) is 2.30. The molecule has 3 nitrogen and oxygen atoms in total. The van der Waals surface area contributed by atoms with Crippen LogP contribution in [0.2, 0.25) is 0 Å². The van der Waals surface area contributed by atoms with Gasteiger partial charge in [0, 0.05) is 11.5 Å². The Morgan fingerprint density at radius 1 is 1.47 bits per heavy atom. The van der Waals surface area contributed by atoms with Crippen molar-refractivity contribution in [3.8, 4) is 0 Å². The lowest BCUT2D eigenvalue weighted by molar-refractivity contribution is -0.146. The van der Waals surface area contributed by atoms with Gasteiger partial charge in [0.25, 0.3) is 0 Å². The molecule has 0 bridgehead atoms. The van der Waals surface area contributed by atoms with Gasteiger partial charge in [-0.2, -0.15) is 0 Å². The van der Waals surface area contributed by atoms with Crippen molar-refractivity contribution < 1.29 is 14.6 Å². The number of hydrogen-bond acceptors (Lipinski definition) is 5. The molecule has 0 aromatic heterocycles. The van der Waals surface area contributed by atoms with Crippen LogP contribution in [0.15, 0.2) is 0 Å². The van der Waals surface area contributed by atoms with Crippen LogP contribution in [-0.4, -0.2) is 39.4 Å². The van der Waals surface area contributed by atoms with Crippen LogP contribution in [0.3, 0.4) is 0 Å². The van der Waals surface area contributed by atoms with Gasteiger partial charge < -0.3 is 9.84 Å². The van der Waals surface area contributed by atoms with Gasteiger partial charge in [-0.3, -0.25) is 0 Å². The Morgan fingerprint density at radius 2 is 2.00 bits per heavy atom. The molecule has 1 rings (SSSR count). The molecule has 1 aliphatic rings. The van der Waals surface area contributed by atoms with Gasteiger partial charge in [-0.1, -0.05) is 13.8 Å². The number of aliphatic hydroxyl groups excluding tert-OH is 1. The Morgan fingerprint density at radius 3 is 2.40 bits per heavy atom. The first-order chi connectivity index (χ1) is 7.04. The van der Waals surface area contributed by atoms with Crippen LogP contribution in [0.5, 0.6) is 0 Å². The molecule has 0 spiro atoms. The monoisotopic (exact) mass is 250 g/mol. The van der Waals surface area contributed by atoms with Crippen molar-refractivity contribution in [2.75, 3.05) is 18.1 Å². The number of carbonyl (C=O) groups is 1. The number of rotatable bonds is 4. The lowest BCUT2D eigenvalue weighted by Gasteiger charge is -2.32. The Labute approximate surface area is 99.3 Å². The number of aliphatic hydroxyl groups is 1. The molecule has 0 aliphatic carbocycles. The third-order valence-corrected chi connectivity index (χ3v) is 5.75. The summed E-state index contributed by atoms with van der Waals surface area (Å²) in [4.78, 5) is 11.9. The number of carbonyl (C=O) groups excluding carboxylic acids is 1. The molecule has 1 fully saturated rings. The maximum absolute atomic E-state index is 11.9. The minimum Gasteiger partial charge on any atom is -0.464 e. The van der Waals surface area contributed by atoms with Crippen LogP contribution >= 0.6 is 23.5 Å². The molecular formula is C10H18O3S2. The summed E-state index contributed by atoms with van der Waals surface area (Å²) in [6.45, 7) is 6.00. The highest BCUT2D eigenvalue weighted by atomic mass is 32.2. The average molecular weight is 250 g/mol. The van der Waals surface area contributed by atoms with Crippen LogP contribution in [-0.2, 0) is 9.53 Å². The second kappa shape index (κ2) is 5.46. The van der Waals surface area contributed by atoms with E-state index in [-0.39, 0.29) is 11.9 Å². The first-order valence-corrected chi connectivity index (χ1v) is 7.15. The first-order valence-electron chi connectivity index (χ1n) is 5.17. The molecule has 0 amide bonds. The Kier molecular flexibility index (Phi) is 4.80. The van der Waals surface area contributed by atoms with Crippen LogP contribution in [0.4, 0.5) is 0 Å². The highest BCUT2D eigenvalue weighted by molar-refractivity contribution is 8.22. The average Bonchev–Trinajstić information content (AvgIpc) is 2.66. The fraction of sp³-hybridized carbons (Fsp3) is 0.900. The molecule has 0 unspecified atom stereocenters. The molecule has 1 saturated heterocycles. The van der Waals surface area contributed by atoms with Gasteiger partial charge in [-0.15, -0.1) is 23.5 Å². The van der Waals surface area contributed by atoms with Gasteiger partial charge in [0.05, 0.1) is 12.7 Å². The number of hydrogen-bond donors (Lipinski definition) is 1. The lowest BCUT2D eigenvalue weighted by atomic mass is 10.0. The van der Waals surface area contributed by atoms with Gasteiger partial charge in [0.2, 0.25) is 0 Å². The van der Waals surface area contributed by atoms with E-state index in [4.69, 9.17) is 4.74 Å². The van der Waals surface area contributed by atoms with Gasteiger partial charge >= 0.3 is 5.97 Å². The van der Waals surface area contributed by atoms with E-state index in [9.17, 15) is 9.90 Å². The Balaban J connectivity index is 2.82. The summed E-state index contributed by atoms with van der Waals surface area (Å²) in [7, 11) is 0. The van der Waals surface area contributed by atoms with Gasteiger partial charge in [-0.05, 0) is 12.8 Å². The molecule has 0 aromatic carbocycles. The fourth-order valence-corrected chi connectivity index (χ4v) is 4.85. The van der Waals surface area contributed by atoms with Crippen molar-refractivity contribution in [3.63, 3.8) is 0 Å². The summed E-state index contributed by atoms with van der Waals surface area (Å²) < 4.78 is 4.27. The number of ether oxygens (including phenoxy) is 1. The van der Waals surface area contributed by atoms with E-state index in [1.165, 1.54) is 23.5 Å². The standard InChI is InChI=1S/C10H18O3S2/c1-4-13-9(12)10(8(11)7(2)3)14-5-6-15-10/h7-8,11H,4-6H2,1-3H3/t8-/m1/s1. The SMILES string of the molecule is CCOC(=O)C1([C@H](O)C(C)C)SCCS1. The van der Waals surface area contributed by atoms with Crippen LogP contribution in [0.1, 0.15) is 20.8 Å². The molecular weight excluding hydrogens is 232 g/mol. The van der Waals surface area contributed by atoms with Crippen molar-refractivity contribution >= 4 is 29.5 Å². The summed E-state index contributed by atoms with van der Waals surface area (Å²) in [6, 6.07) is 0. The topological polar surface area (TPSA) is 46.5 Å². The molecule has 1 atom stereocenters. The highest BCUT2D eigenvalue weighted by Gasteiger charge is 2.51. The van der Waals surface area contributed by atoms with Gasteiger partial charge in [0.15, 0.2) is 4.08 Å². The van der Waals surface area contributed by atoms with Crippen molar-refractivity contribution in [1.29, 1.82) is 0 Å². The summed E-state index contributed by atoms with van der Waals surface area (Å²) in [5, 5.41) is 10.1. The molecule has 88 valence electrons. The predicted octanol–water partition coefficient (Wildman–Crippen LogP) is 1.74. The van der Waals surface area contributed by atoms with Crippen molar-refractivity contribution in [2.45, 2.75) is 31.0 Å². The molecule has 5 heteroatoms. The number of esters is 1. The van der Waals surface area contributed by atoms with E-state index < -0.39 is 10.2 Å². The Hall–Kier alpha value is 0.130. The van der Waals surface area contributed by atoms with Crippen LogP contribution in [0.25, 0.3) is 0 Å². The lowest BCUT2D eigenvalue weighted by Crippen LogP contribution is -2.46. The summed E-state index contributed by atoms with van der Waals surface area (Å²) in [5.74, 6) is 1.58. The minimum atomic E-state index is -0.788. The maximum Gasteiger partial charge on any atom is 0.335 e. The van der Waals surface area contributed by atoms with Crippen LogP contribution < -0.4 is 0 Å². The smallest absolute Gasteiger partial charge is 0.335 e. The predicted molar refractivity (Wildman–Crippen MR) is 65.1 cm³/mol. The molecule has 15 heavy (non-hydrogen) atoms. The zero-order chi connectivity index (χ0) is 11.5. The van der Waals surface area contributed by atoms with Gasteiger partial charge in [0.1, 0.15) is 0 Å². The molecule has 1 aliphatic heterocycles. The van der Waals surface area contributed by atoms with Gasteiger partial charge in [-0.25, -0.2) is 4.79 Å². The van der Waals surface area contributed by atoms with E-state index in [1.807, 2.05) is 13.8 Å². The van der Waals surface area contributed by atoms with E-state index in [2.05, 4.69) is 0 Å². The normalized spacial score (nSPS) is 21.7. The van der Waals surface area contributed by atoms with E-state index in [1.54, 1.807) is 6.92 Å². The van der Waals surface area contributed by atoms with Crippen LogP contribution in [0, 0.1) is 5.92 Å². The third kappa shape index (κ3) is 2.63. The second-order valence-corrected chi connectivity index (χ2v) is 6.71. The zero-order valence-corrected chi connectivity index (χ0v) is 11.0. The molecule has 1 heterocycles. The first kappa shape index (κ1) is 13.2. The summed E-state index contributed by atoms with van der Waals surface area (Å²) in [5.41, 5.74) is 0. The van der Waals surface area contributed by atoms with E-state index in [0.29, 0.717) is 6.61 Å². The Bertz CT molecular complexity index is 225. The summed E-state index contributed by atoms with van der Waals surface area (Å²) >= 11 is 3.03. The molecule has 0 aromatic rings. The second-order valence-electron chi connectivity index (χ2n) is 3.77. The minimum absolute atomic E-state index is 0.0625. The zero-order valence-electron chi connectivity index (χ0n) is 9.36. The molecule has 0 saturated carbocycles. The fourth-order valence-electron chi connectivity index (χ4n) is 1.51. The number of thioether (sulfide) groups is 2. The van der Waals surface area contributed by atoms with E-state index in [0.717, 1.165) is 11.5 Å². The van der Waals surface area contributed by atoms with Crippen molar-refractivity contribution in [3.05, 3.63) is 0 Å². The highest BCUT2D eigenvalue weighted by Crippen LogP contribution is 2.48. The molecule has 0 radical (unpaired) electrons. The van der Waals surface area contributed by atoms with Crippen molar-refractivity contribution in [1.82, 2.24) is 0 Å². The quantitative estimate of drug-likeness (QED) is 0.770. The van der Waals surface area contributed by atoms with E-state index >= 15 is 0 Å². The maximum atomic E-state index is 11.9. The molecule has 1 N–H and O–H groups in total.